The molecule has 0 bridgehead atoms. The van der Waals surface area contributed by atoms with Gasteiger partial charge in [0.1, 0.15) is 5.76 Å². The summed E-state index contributed by atoms with van der Waals surface area (Å²) in [4.78, 5) is 6.60. The first-order valence-electron chi connectivity index (χ1n) is 8.06. The van der Waals surface area contributed by atoms with E-state index in [2.05, 4.69) is 34.4 Å². The topological polar surface area (TPSA) is 62.0 Å². The first-order valence-corrected chi connectivity index (χ1v) is 8.06. The van der Waals surface area contributed by atoms with Crippen LogP contribution in [0.2, 0.25) is 0 Å². The molecule has 0 aliphatic carbocycles. The average Bonchev–Trinajstić information content (AvgIpc) is 3.07. The summed E-state index contributed by atoms with van der Waals surface area (Å²) in [5, 5.41) is 6.61. The second-order valence-electron chi connectivity index (χ2n) is 4.83. The van der Waals surface area contributed by atoms with Gasteiger partial charge in [0.2, 0.25) is 0 Å². The summed E-state index contributed by atoms with van der Waals surface area (Å²) in [5.74, 6) is 1.75. The van der Waals surface area contributed by atoms with Crippen LogP contribution in [0.1, 0.15) is 32.6 Å². The Morgan fingerprint density at radius 2 is 2.09 bits per heavy atom. The molecule has 1 aromatic heterocycles. The lowest BCUT2D eigenvalue weighted by atomic mass is 10.2. The Labute approximate surface area is 133 Å². The maximum atomic E-state index is 5.60. The van der Waals surface area contributed by atoms with Gasteiger partial charge in [0.15, 0.2) is 5.96 Å². The van der Waals surface area contributed by atoms with Crippen molar-refractivity contribution in [3.05, 3.63) is 24.2 Å². The molecule has 1 aromatic rings. The van der Waals surface area contributed by atoms with Crippen molar-refractivity contribution in [1.29, 1.82) is 0 Å². The van der Waals surface area contributed by atoms with Gasteiger partial charge in [0.25, 0.3) is 0 Å². The van der Waals surface area contributed by atoms with Crippen molar-refractivity contribution in [2.75, 3.05) is 46.4 Å². The van der Waals surface area contributed by atoms with E-state index in [0.29, 0.717) is 6.61 Å². The number of likely N-dealkylation sites (N-methyl/N-ethyl adjacent to an activating group) is 1. The molecule has 1 heterocycles. The minimum Gasteiger partial charge on any atom is -0.468 e. The van der Waals surface area contributed by atoms with Crippen LogP contribution in [0, 0.1) is 0 Å². The Bertz CT molecular complexity index is 402. The first-order chi connectivity index (χ1) is 10.8. The van der Waals surface area contributed by atoms with Crippen molar-refractivity contribution in [2.45, 2.75) is 26.8 Å². The van der Waals surface area contributed by atoms with E-state index in [1.165, 1.54) is 0 Å². The minimum atomic E-state index is 0.190. The van der Waals surface area contributed by atoms with Crippen molar-refractivity contribution in [2.24, 2.45) is 4.99 Å². The Balaban J connectivity index is 2.55. The van der Waals surface area contributed by atoms with Crippen molar-refractivity contribution >= 4 is 5.96 Å². The number of guanidine groups is 1. The summed E-state index contributed by atoms with van der Waals surface area (Å²) >= 11 is 0. The van der Waals surface area contributed by atoms with E-state index in [1.807, 2.05) is 19.1 Å². The maximum Gasteiger partial charge on any atom is 0.191 e. The molecule has 2 N–H and O–H groups in total. The van der Waals surface area contributed by atoms with Gasteiger partial charge in [-0.05, 0) is 32.1 Å². The molecule has 0 aromatic carbocycles. The second-order valence-corrected chi connectivity index (χ2v) is 4.83. The Kier molecular flexibility index (Phi) is 9.34. The Hall–Kier alpha value is -1.53. The SMILES string of the molecule is CCOCCNC(=NC)NCC(c1ccco1)N(CC)CC. The molecule has 126 valence electrons. The molecule has 1 rings (SSSR count). The van der Waals surface area contributed by atoms with E-state index < -0.39 is 0 Å². The van der Waals surface area contributed by atoms with Gasteiger partial charge >= 0.3 is 0 Å². The van der Waals surface area contributed by atoms with Crippen LogP contribution in [0.3, 0.4) is 0 Å². The zero-order valence-corrected chi connectivity index (χ0v) is 14.3. The van der Waals surface area contributed by atoms with E-state index in [1.54, 1.807) is 13.3 Å². The number of aliphatic imine (C=N–C) groups is 1. The molecule has 1 unspecified atom stereocenters. The third kappa shape index (κ3) is 6.07. The molecule has 0 saturated carbocycles. The van der Waals surface area contributed by atoms with E-state index in [-0.39, 0.29) is 6.04 Å². The van der Waals surface area contributed by atoms with Crippen LogP contribution >= 0.6 is 0 Å². The Morgan fingerprint density at radius 1 is 1.32 bits per heavy atom. The highest BCUT2D eigenvalue weighted by atomic mass is 16.5. The molecular weight excluding hydrogens is 280 g/mol. The average molecular weight is 310 g/mol. The molecule has 0 fully saturated rings. The smallest absolute Gasteiger partial charge is 0.191 e. The van der Waals surface area contributed by atoms with Crippen LogP contribution in [-0.4, -0.2) is 57.3 Å². The standard InChI is InChI=1S/C16H30N4O2/c1-5-20(6-2)14(15-9-8-11-22-15)13-19-16(17-4)18-10-12-21-7-3/h8-9,11,14H,5-7,10,12-13H2,1-4H3,(H2,17,18,19). The van der Waals surface area contributed by atoms with Crippen molar-refractivity contribution in [3.8, 4) is 0 Å². The molecule has 0 aliphatic rings. The number of hydrogen-bond donors (Lipinski definition) is 2. The van der Waals surface area contributed by atoms with Crippen LogP contribution in [0.15, 0.2) is 27.8 Å². The zero-order chi connectivity index (χ0) is 16.2. The minimum absolute atomic E-state index is 0.190. The molecule has 0 spiro atoms. The summed E-state index contributed by atoms with van der Waals surface area (Å²) in [5.41, 5.74) is 0. The van der Waals surface area contributed by atoms with Gasteiger partial charge in [-0.3, -0.25) is 9.89 Å². The van der Waals surface area contributed by atoms with Gasteiger partial charge in [-0.1, -0.05) is 13.8 Å². The maximum absolute atomic E-state index is 5.60. The molecule has 6 nitrogen and oxygen atoms in total. The summed E-state index contributed by atoms with van der Waals surface area (Å²) in [6.07, 6.45) is 1.72. The third-order valence-electron chi connectivity index (χ3n) is 3.55. The van der Waals surface area contributed by atoms with Crippen LogP contribution in [0.5, 0.6) is 0 Å². The lowest BCUT2D eigenvalue weighted by molar-refractivity contribution is 0.152. The van der Waals surface area contributed by atoms with Gasteiger partial charge in [0.05, 0.1) is 18.9 Å². The third-order valence-corrected chi connectivity index (χ3v) is 3.55. The number of nitrogens with one attached hydrogen (secondary N) is 2. The molecule has 22 heavy (non-hydrogen) atoms. The molecule has 1 atom stereocenters. The van der Waals surface area contributed by atoms with E-state index in [9.17, 15) is 0 Å². The lowest BCUT2D eigenvalue weighted by Crippen LogP contribution is -2.44. The van der Waals surface area contributed by atoms with Crippen LogP contribution in [0.4, 0.5) is 0 Å². The molecule has 0 aliphatic heterocycles. The van der Waals surface area contributed by atoms with Gasteiger partial charge in [-0.15, -0.1) is 0 Å². The van der Waals surface area contributed by atoms with E-state index >= 15 is 0 Å². The second kappa shape index (κ2) is 11.1. The quantitative estimate of drug-likeness (QED) is 0.392. The first kappa shape index (κ1) is 18.5. The molecular formula is C16H30N4O2. The zero-order valence-electron chi connectivity index (χ0n) is 14.3. The summed E-state index contributed by atoms with van der Waals surface area (Å²) in [6, 6.07) is 4.15. The predicted molar refractivity (Wildman–Crippen MR) is 90.2 cm³/mol. The van der Waals surface area contributed by atoms with Gasteiger partial charge < -0.3 is 19.8 Å². The van der Waals surface area contributed by atoms with Gasteiger partial charge in [-0.25, -0.2) is 0 Å². The van der Waals surface area contributed by atoms with E-state index in [4.69, 9.17) is 9.15 Å². The van der Waals surface area contributed by atoms with Gasteiger partial charge in [-0.2, -0.15) is 0 Å². The summed E-state index contributed by atoms with van der Waals surface area (Å²) < 4.78 is 10.9. The van der Waals surface area contributed by atoms with Crippen molar-refractivity contribution in [1.82, 2.24) is 15.5 Å². The highest BCUT2D eigenvalue weighted by Gasteiger charge is 2.20. The normalized spacial score (nSPS) is 13.4. The molecule has 0 amide bonds. The number of nitrogens with zero attached hydrogens (tertiary/aromatic N) is 2. The molecule has 0 radical (unpaired) electrons. The fourth-order valence-corrected chi connectivity index (χ4v) is 2.35. The molecule has 6 heteroatoms. The summed E-state index contributed by atoms with van der Waals surface area (Å²) in [7, 11) is 1.77. The van der Waals surface area contributed by atoms with Gasteiger partial charge in [0, 0.05) is 26.7 Å². The highest BCUT2D eigenvalue weighted by molar-refractivity contribution is 5.79. The van der Waals surface area contributed by atoms with Crippen LogP contribution in [-0.2, 0) is 4.74 Å². The van der Waals surface area contributed by atoms with Crippen molar-refractivity contribution < 1.29 is 9.15 Å². The predicted octanol–water partition coefficient (Wildman–Crippen LogP) is 1.86. The number of furan rings is 1. The number of ether oxygens (including phenoxy) is 1. The number of hydrogen-bond acceptors (Lipinski definition) is 4. The number of rotatable bonds is 10. The fraction of sp³-hybridized carbons (Fsp3) is 0.688. The highest BCUT2D eigenvalue weighted by Crippen LogP contribution is 2.20. The van der Waals surface area contributed by atoms with Crippen molar-refractivity contribution in [3.63, 3.8) is 0 Å². The lowest BCUT2D eigenvalue weighted by Gasteiger charge is -2.28. The van der Waals surface area contributed by atoms with Crippen LogP contribution < -0.4 is 10.6 Å². The largest absolute Gasteiger partial charge is 0.468 e. The Morgan fingerprint density at radius 3 is 2.64 bits per heavy atom. The van der Waals surface area contributed by atoms with E-state index in [0.717, 1.165) is 44.5 Å². The monoisotopic (exact) mass is 310 g/mol. The van der Waals surface area contributed by atoms with Crippen LogP contribution in [0.25, 0.3) is 0 Å². The molecule has 0 saturated heterocycles. The summed E-state index contributed by atoms with van der Waals surface area (Å²) in [6.45, 7) is 11.1. The fourth-order valence-electron chi connectivity index (χ4n) is 2.35.